The van der Waals surface area contributed by atoms with Gasteiger partial charge in [0.1, 0.15) is 12.3 Å². The summed E-state index contributed by atoms with van der Waals surface area (Å²) in [6, 6.07) is 22.5. The van der Waals surface area contributed by atoms with Crippen molar-refractivity contribution in [1.29, 1.82) is 0 Å². The van der Waals surface area contributed by atoms with Crippen molar-refractivity contribution in [3.05, 3.63) is 95.1 Å². The first-order chi connectivity index (χ1) is 16.8. The van der Waals surface area contributed by atoms with E-state index in [9.17, 15) is 4.79 Å². The van der Waals surface area contributed by atoms with Crippen LogP contribution < -0.4 is 19.7 Å². The molecule has 1 atom stereocenters. The van der Waals surface area contributed by atoms with E-state index in [1.807, 2.05) is 55.5 Å². The minimum Gasteiger partial charge on any atom is -0.490 e. The first-order valence-corrected chi connectivity index (χ1v) is 12.2. The van der Waals surface area contributed by atoms with Crippen molar-refractivity contribution in [3.63, 3.8) is 0 Å². The predicted molar refractivity (Wildman–Crippen MR) is 140 cm³/mol. The van der Waals surface area contributed by atoms with Crippen molar-refractivity contribution < 1.29 is 14.3 Å². The van der Waals surface area contributed by atoms with E-state index >= 15 is 0 Å². The Labute approximate surface area is 207 Å². The Kier molecular flexibility index (Phi) is 5.79. The van der Waals surface area contributed by atoms with Gasteiger partial charge in [-0.15, -0.1) is 0 Å². The van der Waals surface area contributed by atoms with Gasteiger partial charge in [0, 0.05) is 11.1 Å². The highest BCUT2D eigenvalue weighted by atomic mass is 16.5. The van der Waals surface area contributed by atoms with Crippen molar-refractivity contribution in [2.24, 2.45) is 0 Å². The maximum atomic E-state index is 12.6. The third-order valence-electron chi connectivity index (χ3n) is 7.15. The van der Waals surface area contributed by atoms with Crippen molar-refractivity contribution in [2.75, 3.05) is 18.1 Å². The summed E-state index contributed by atoms with van der Waals surface area (Å²) in [5.74, 6) is 1.46. The van der Waals surface area contributed by atoms with E-state index < -0.39 is 5.66 Å². The molecule has 2 aliphatic rings. The molecule has 3 aromatic carbocycles. The zero-order chi connectivity index (χ0) is 24.6. The minimum absolute atomic E-state index is 0.0358. The number of ether oxygens (including phenoxy) is 2. The van der Waals surface area contributed by atoms with Crippen LogP contribution in [0.3, 0.4) is 0 Å². The van der Waals surface area contributed by atoms with E-state index in [1.54, 1.807) is 0 Å². The molecule has 1 amide bonds. The minimum atomic E-state index is -0.630. The molecule has 5 nitrogen and oxygen atoms in total. The van der Waals surface area contributed by atoms with E-state index in [1.165, 1.54) is 11.1 Å². The van der Waals surface area contributed by atoms with Gasteiger partial charge in [-0.1, -0.05) is 74.0 Å². The zero-order valence-corrected chi connectivity index (χ0v) is 20.8. The molecule has 2 heterocycles. The lowest BCUT2D eigenvalue weighted by molar-refractivity contribution is -0.118. The Morgan fingerprint density at radius 1 is 1.00 bits per heavy atom. The van der Waals surface area contributed by atoms with Crippen LogP contribution in [0.15, 0.2) is 72.8 Å². The molecule has 0 unspecified atom stereocenters. The van der Waals surface area contributed by atoms with Crippen LogP contribution in [0.4, 0.5) is 5.69 Å². The summed E-state index contributed by atoms with van der Waals surface area (Å²) in [7, 11) is 0. The van der Waals surface area contributed by atoms with Crippen molar-refractivity contribution in [2.45, 2.75) is 45.4 Å². The maximum Gasteiger partial charge on any atom is 0.241 e. The van der Waals surface area contributed by atoms with E-state index in [-0.39, 0.29) is 11.3 Å². The fourth-order valence-corrected chi connectivity index (χ4v) is 5.26. The van der Waals surface area contributed by atoms with Gasteiger partial charge >= 0.3 is 0 Å². The summed E-state index contributed by atoms with van der Waals surface area (Å²) in [4.78, 5) is 14.8. The number of amides is 1. The molecule has 180 valence electrons. The number of rotatable bonds is 7. The number of hydrogen-bond donors (Lipinski definition) is 1. The monoisotopic (exact) mass is 468 g/mol. The second-order valence-corrected chi connectivity index (χ2v) is 9.79. The van der Waals surface area contributed by atoms with E-state index in [0.29, 0.717) is 31.3 Å². The normalized spacial score (nSPS) is 20.0. The summed E-state index contributed by atoms with van der Waals surface area (Å²) >= 11 is 0. The quantitative estimate of drug-likeness (QED) is 0.490. The molecule has 2 aliphatic heterocycles. The molecule has 0 radical (unpaired) electrons. The summed E-state index contributed by atoms with van der Waals surface area (Å²) in [6.07, 6.45) is 4.20. The molecule has 3 aromatic rings. The average molecular weight is 469 g/mol. The largest absolute Gasteiger partial charge is 0.490 e. The molecule has 0 bridgehead atoms. The van der Waals surface area contributed by atoms with Crippen molar-refractivity contribution in [1.82, 2.24) is 5.32 Å². The van der Waals surface area contributed by atoms with Crippen LogP contribution in [-0.4, -0.2) is 24.7 Å². The van der Waals surface area contributed by atoms with Gasteiger partial charge in [-0.3, -0.25) is 4.79 Å². The first kappa shape index (κ1) is 23.0. The van der Waals surface area contributed by atoms with Gasteiger partial charge in [0.05, 0.1) is 13.2 Å². The van der Waals surface area contributed by atoms with Gasteiger partial charge < -0.3 is 19.7 Å². The van der Waals surface area contributed by atoms with Crippen LogP contribution in [-0.2, 0) is 16.8 Å². The highest BCUT2D eigenvalue weighted by Gasteiger charge is 2.59. The molecule has 1 saturated heterocycles. The molecule has 0 aliphatic carbocycles. The van der Waals surface area contributed by atoms with Gasteiger partial charge in [-0.2, -0.15) is 0 Å². The van der Waals surface area contributed by atoms with E-state index in [2.05, 4.69) is 61.3 Å². The first-order valence-electron chi connectivity index (χ1n) is 12.2. The Morgan fingerprint density at radius 3 is 2.57 bits per heavy atom. The lowest BCUT2D eigenvalue weighted by Crippen LogP contribution is -2.58. The van der Waals surface area contributed by atoms with Crippen LogP contribution in [0.2, 0.25) is 0 Å². The fourth-order valence-electron chi connectivity index (χ4n) is 5.26. The fraction of sp³-hybridized carbons (Fsp3) is 0.300. The highest BCUT2D eigenvalue weighted by molar-refractivity contribution is 5.91. The van der Waals surface area contributed by atoms with Gasteiger partial charge in [-0.05, 0) is 54.8 Å². The van der Waals surface area contributed by atoms with Gasteiger partial charge in [-0.25, -0.2) is 0 Å². The predicted octanol–water partition coefficient (Wildman–Crippen LogP) is 5.61. The molecule has 1 fully saturated rings. The van der Waals surface area contributed by atoms with Crippen molar-refractivity contribution in [3.8, 4) is 11.5 Å². The Bertz CT molecular complexity index is 1280. The number of benzene rings is 3. The van der Waals surface area contributed by atoms with E-state index in [4.69, 9.17) is 9.47 Å². The zero-order valence-electron chi connectivity index (χ0n) is 20.8. The second-order valence-electron chi connectivity index (χ2n) is 9.79. The van der Waals surface area contributed by atoms with Crippen LogP contribution >= 0.6 is 0 Å². The van der Waals surface area contributed by atoms with Gasteiger partial charge in [0.2, 0.25) is 5.91 Å². The summed E-state index contributed by atoms with van der Waals surface area (Å²) in [5.41, 5.74) is 4.74. The number of carbonyl (C=O) groups excluding carboxylic acids is 1. The van der Waals surface area contributed by atoms with Crippen LogP contribution in [0, 0.1) is 6.92 Å². The number of aryl methyl sites for hydroxylation is 1. The number of anilines is 1. The number of nitrogens with zero attached hydrogens (tertiary/aromatic N) is 1. The van der Waals surface area contributed by atoms with Crippen LogP contribution in [0.5, 0.6) is 11.5 Å². The Balaban J connectivity index is 1.45. The van der Waals surface area contributed by atoms with E-state index in [0.717, 1.165) is 16.8 Å². The third-order valence-corrected chi connectivity index (χ3v) is 7.15. The number of hydrogen-bond acceptors (Lipinski definition) is 4. The van der Waals surface area contributed by atoms with Crippen molar-refractivity contribution >= 4 is 17.7 Å². The second kappa shape index (κ2) is 8.81. The van der Waals surface area contributed by atoms with Crippen LogP contribution in [0.1, 0.15) is 43.0 Å². The summed E-state index contributed by atoms with van der Waals surface area (Å²) < 4.78 is 12.0. The Hall–Kier alpha value is -3.73. The topological polar surface area (TPSA) is 50.8 Å². The Morgan fingerprint density at radius 2 is 1.80 bits per heavy atom. The molecular formula is C30H32N2O3. The van der Waals surface area contributed by atoms with Crippen LogP contribution in [0.25, 0.3) is 6.08 Å². The SMILES string of the molecule is CCOc1cc(C=C[C@]23NC(=O)CN2c2ccc(C)cc2C3(C)C)ccc1OCc1ccccc1. The standard InChI is InChI=1S/C30H32N2O3/c1-5-34-27-18-22(12-14-26(27)35-20-23-9-7-6-8-10-23)15-16-30-29(3,4)24-17-21(2)11-13-25(24)32(30)19-28(33)31-30/h6-18H,5,19-20H2,1-4H3,(H,31,33)/t30-/m0/s1. The molecule has 35 heavy (non-hydrogen) atoms. The number of fused-ring (bicyclic) bond motifs is 3. The molecule has 5 rings (SSSR count). The summed E-state index contributed by atoms with van der Waals surface area (Å²) in [5, 5.41) is 3.29. The lowest BCUT2D eigenvalue weighted by atomic mass is 9.75. The molecule has 0 saturated carbocycles. The smallest absolute Gasteiger partial charge is 0.241 e. The number of nitrogens with one attached hydrogen (secondary N) is 1. The lowest BCUT2D eigenvalue weighted by Gasteiger charge is -2.40. The molecule has 0 spiro atoms. The highest BCUT2D eigenvalue weighted by Crippen LogP contribution is 2.53. The average Bonchev–Trinajstić information content (AvgIpc) is 3.27. The third kappa shape index (κ3) is 3.95. The molecular weight excluding hydrogens is 436 g/mol. The van der Waals surface area contributed by atoms with Gasteiger partial charge in [0.15, 0.2) is 11.5 Å². The summed E-state index contributed by atoms with van der Waals surface area (Å²) in [6.45, 7) is 9.85. The van der Waals surface area contributed by atoms with Gasteiger partial charge in [0.25, 0.3) is 0 Å². The molecule has 0 aromatic heterocycles. The maximum absolute atomic E-state index is 12.6. The number of carbonyl (C=O) groups is 1. The molecule has 1 N–H and O–H groups in total. The molecule has 5 heteroatoms.